The molecule has 4 rings (SSSR count). The maximum absolute atomic E-state index is 2.62. The first-order valence-electron chi connectivity index (χ1n) is 9.66. The average molecular weight is 494 g/mol. The quantitative estimate of drug-likeness (QED) is 0.421. The second-order valence-electron chi connectivity index (χ2n) is 7.64. The zero-order valence-electron chi connectivity index (χ0n) is 16.4. The molecule has 2 aliphatic rings. The Morgan fingerprint density at radius 1 is 0.963 bits per heavy atom. The number of allylic oxidation sites excluding steroid dienone is 4. The van der Waals surface area contributed by atoms with Crippen LogP contribution in [-0.2, 0) is 27.3 Å². The molecule has 2 aliphatic carbocycles. The van der Waals surface area contributed by atoms with Crippen LogP contribution in [0.2, 0.25) is 13.1 Å². The summed E-state index contributed by atoms with van der Waals surface area (Å²) in [5, 5.41) is 0. The van der Waals surface area contributed by atoms with Crippen molar-refractivity contribution in [2.24, 2.45) is 0 Å². The summed E-state index contributed by atoms with van der Waals surface area (Å²) in [4.78, 5) is 0. The van der Waals surface area contributed by atoms with Crippen molar-refractivity contribution in [1.29, 1.82) is 0 Å². The molecule has 0 amide bonds. The molecule has 0 radical (unpaired) electrons. The summed E-state index contributed by atoms with van der Waals surface area (Å²) in [6.45, 7) is 7.51. The van der Waals surface area contributed by atoms with Gasteiger partial charge in [0, 0.05) is 0 Å². The molecule has 141 valence electrons. The predicted molar refractivity (Wildman–Crippen MR) is 109 cm³/mol. The molecule has 4 heteroatoms. The van der Waals surface area contributed by atoms with Gasteiger partial charge in [-0.1, -0.05) is 0 Å². The molecular weight excluding hydrogens is 466 g/mol. The van der Waals surface area contributed by atoms with Crippen LogP contribution in [0.4, 0.5) is 0 Å². The van der Waals surface area contributed by atoms with E-state index in [0.29, 0.717) is 0 Å². The van der Waals surface area contributed by atoms with E-state index in [0.717, 1.165) is 6.42 Å². The summed E-state index contributed by atoms with van der Waals surface area (Å²) in [5.41, 5.74) is 7.84. The second kappa shape index (κ2) is 9.88. The minimum Gasteiger partial charge on any atom is -1.00 e. The predicted octanol–water partition coefficient (Wildman–Crippen LogP) is -0.493. The van der Waals surface area contributed by atoms with Crippen LogP contribution >= 0.6 is 0 Å². The fourth-order valence-corrected chi connectivity index (χ4v) is 23.2. The third-order valence-electron chi connectivity index (χ3n) is 5.55. The van der Waals surface area contributed by atoms with Gasteiger partial charge in [-0.25, -0.2) is 0 Å². The molecule has 0 unspecified atom stereocenters. The van der Waals surface area contributed by atoms with Gasteiger partial charge in [-0.2, -0.15) is 0 Å². The van der Waals surface area contributed by atoms with Crippen LogP contribution in [0.15, 0.2) is 63.5 Å². The van der Waals surface area contributed by atoms with Gasteiger partial charge in [0.2, 0.25) is 0 Å². The summed E-state index contributed by atoms with van der Waals surface area (Å²) in [6, 6.07) is 16.2. The van der Waals surface area contributed by atoms with Crippen molar-refractivity contribution in [3.63, 3.8) is 0 Å². The summed E-state index contributed by atoms with van der Waals surface area (Å²) < 4.78 is 3.69. The van der Waals surface area contributed by atoms with E-state index in [-0.39, 0.29) is 24.8 Å². The van der Waals surface area contributed by atoms with Gasteiger partial charge in [0.1, 0.15) is 0 Å². The summed E-state index contributed by atoms with van der Waals surface area (Å²) >= 11 is -1.71. The topological polar surface area (TPSA) is 0 Å². The third-order valence-corrected chi connectivity index (χ3v) is 24.4. The van der Waals surface area contributed by atoms with Gasteiger partial charge >= 0.3 is 162 Å². The molecule has 0 spiro atoms. The summed E-state index contributed by atoms with van der Waals surface area (Å²) in [6.07, 6.45) is 10.1. The Labute approximate surface area is 185 Å². The van der Waals surface area contributed by atoms with Crippen molar-refractivity contribution < 1.29 is 45.7 Å². The Hall–Kier alpha value is -0.400. The maximum Gasteiger partial charge on any atom is -1.00 e. The normalized spacial score (nSPS) is 13.9. The SMILES string of the molecule is CCCC1=CC[C]([Zr+2]([c]2cccc3c2Cc2ccccc2-3)[SiH](C)C)=C1.[Cl-].[Cl-]. The van der Waals surface area contributed by atoms with E-state index in [4.69, 9.17) is 0 Å². The fraction of sp³-hybridized carbons (Fsp3) is 0.304. The zero-order chi connectivity index (χ0) is 17.4. The Morgan fingerprint density at radius 2 is 1.70 bits per heavy atom. The molecule has 0 atom stereocenters. The minimum absolute atomic E-state index is 0. The van der Waals surface area contributed by atoms with Gasteiger partial charge in [0.25, 0.3) is 0 Å². The average Bonchev–Trinajstić information content (AvgIpc) is 3.20. The van der Waals surface area contributed by atoms with E-state index in [1.54, 1.807) is 11.1 Å². The van der Waals surface area contributed by atoms with Crippen molar-refractivity contribution in [3.05, 3.63) is 74.6 Å². The molecule has 0 aliphatic heterocycles. The van der Waals surface area contributed by atoms with Crippen molar-refractivity contribution in [2.75, 3.05) is 0 Å². The van der Waals surface area contributed by atoms with Crippen molar-refractivity contribution in [2.45, 2.75) is 45.7 Å². The van der Waals surface area contributed by atoms with Gasteiger partial charge in [-0.3, -0.25) is 0 Å². The largest absolute Gasteiger partial charge is 1.00 e. The van der Waals surface area contributed by atoms with E-state index in [1.807, 2.05) is 6.55 Å². The molecule has 0 heterocycles. The number of rotatable bonds is 5. The first-order valence-corrected chi connectivity index (χ1v) is 19.3. The van der Waals surface area contributed by atoms with E-state index in [2.05, 4.69) is 74.6 Å². The van der Waals surface area contributed by atoms with Gasteiger partial charge in [0.05, 0.1) is 0 Å². The monoisotopic (exact) mass is 491 g/mol. The number of hydrogen-bond acceptors (Lipinski definition) is 0. The van der Waals surface area contributed by atoms with Gasteiger partial charge in [-0.05, 0) is 0 Å². The van der Waals surface area contributed by atoms with Gasteiger partial charge in [0.15, 0.2) is 0 Å². The molecule has 0 bridgehead atoms. The van der Waals surface area contributed by atoms with E-state index in [1.165, 1.54) is 36.0 Å². The Balaban J connectivity index is 0.00000131. The van der Waals surface area contributed by atoms with Crippen molar-refractivity contribution in [3.8, 4) is 11.1 Å². The zero-order valence-corrected chi connectivity index (χ0v) is 21.5. The van der Waals surface area contributed by atoms with Crippen LogP contribution in [-0.4, -0.2) is 5.92 Å². The standard InChI is InChI=1S/C13H9.C8H11.C2H7Si.2ClH.Zr/c1-3-7-12-10(5-1)9-11-6-2-4-8-13(11)12;1-2-5-8-6-3-4-7-8;1-3-2;;;/h1-5,7-8H,9H2;6-7H,2-3,5H2,1H3;3H,1-2H3;2*1H;/q;;;;;+2/p-2. The van der Waals surface area contributed by atoms with Crippen LogP contribution in [0.1, 0.15) is 37.3 Å². The molecule has 0 nitrogen and oxygen atoms in total. The molecule has 0 saturated heterocycles. The minimum atomic E-state index is -1.71. The molecule has 0 fully saturated rings. The number of fused-ring (bicyclic) bond motifs is 3. The van der Waals surface area contributed by atoms with Crippen LogP contribution in [0.3, 0.4) is 0 Å². The Kier molecular flexibility index (Phi) is 8.37. The molecule has 2 aromatic carbocycles. The maximum atomic E-state index is 2.62. The molecule has 0 saturated carbocycles. The fourth-order valence-electron chi connectivity index (χ4n) is 4.50. The van der Waals surface area contributed by atoms with E-state index in [9.17, 15) is 0 Å². The smallest absolute Gasteiger partial charge is 1.00 e. The molecular formula is C23H27Cl2SiZr. The van der Waals surface area contributed by atoms with Crippen molar-refractivity contribution in [1.82, 2.24) is 0 Å². The second-order valence-corrected chi connectivity index (χ2v) is 26.8. The summed E-state index contributed by atoms with van der Waals surface area (Å²) in [7, 11) is 0. The third kappa shape index (κ3) is 4.45. The molecule has 2 aromatic rings. The van der Waals surface area contributed by atoms with Gasteiger partial charge in [-0.15, -0.1) is 0 Å². The van der Waals surface area contributed by atoms with Gasteiger partial charge < -0.3 is 24.8 Å². The van der Waals surface area contributed by atoms with Crippen LogP contribution in [0.25, 0.3) is 11.1 Å². The van der Waals surface area contributed by atoms with Crippen LogP contribution in [0.5, 0.6) is 0 Å². The Bertz CT molecular complexity index is 870. The van der Waals surface area contributed by atoms with E-state index >= 15 is 0 Å². The summed E-state index contributed by atoms with van der Waals surface area (Å²) in [5.74, 6) is -0.650. The Morgan fingerprint density at radius 3 is 2.44 bits per heavy atom. The first-order chi connectivity index (χ1) is 12.2. The first kappa shape index (κ1) is 22.9. The molecule has 27 heavy (non-hydrogen) atoms. The van der Waals surface area contributed by atoms with E-state index < -0.39 is 26.8 Å². The number of halogens is 2. The molecule has 0 N–H and O–H groups in total. The molecule has 0 aromatic heterocycles. The van der Waals surface area contributed by atoms with Crippen LogP contribution < -0.4 is 28.1 Å². The van der Waals surface area contributed by atoms with Crippen LogP contribution in [0, 0.1) is 0 Å². The number of benzene rings is 2. The number of hydrogen-bond donors (Lipinski definition) is 0. The van der Waals surface area contributed by atoms with Crippen molar-refractivity contribution >= 4 is 9.19 Å².